The van der Waals surface area contributed by atoms with Gasteiger partial charge in [-0.2, -0.15) is 0 Å². The summed E-state index contributed by atoms with van der Waals surface area (Å²) in [6.07, 6.45) is 99.0. The molecule has 0 aliphatic carbocycles. The topological polar surface area (TPSA) is 108 Å². The van der Waals surface area contributed by atoms with Crippen LogP contribution in [0, 0.1) is 0 Å². The van der Waals surface area contributed by atoms with Gasteiger partial charge in [0.25, 0.3) is 0 Å². The number of esters is 2. The molecule has 0 saturated heterocycles. The molecule has 10 heteroatoms. The first-order valence-electron chi connectivity index (χ1n) is 39.7. The van der Waals surface area contributed by atoms with E-state index in [1.807, 2.05) is 21.1 Å². The number of ether oxygens (including phenoxy) is 2. The molecule has 0 spiro atoms. The van der Waals surface area contributed by atoms with Crippen LogP contribution >= 0.6 is 7.82 Å². The molecule has 0 aromatic rings. The van der Waals surface area contributed by atoms with Crippen molar-refractivity contribution >= 4 is 19.8 Å². The fourth-order valence-electron chi connectivity index (χ4n) is 11.6. The Labute approximate surface area is 571 Å². The molecule has 538 valence electrons. The van der Waals surface area contributed by atoms with Crippen molar-refractivity contribution in [1.29, 1.82) is 0 Å². The van der Waals surface area contributed by atoms with E-state index >= 15 is 0 Å². The minimum Gasteiger partial charge on any atom is -0.462 e. The summed E-state index contributed by atoms with van der Waals surface area (Å²) in [6, 6.07) is 0. The summed E-state index contributed by atoms with van der Waals surface area (Å²) in [6.45, 7) is 4.47. The number of allylic oxidation sites excluding steroid dienone is 12. The van der Waals surface area contributed by atoms with Crippen LogP contribution in [0.4, 0.5) is 0 Å². The SMILES string of the molecule is CCCCCCC/C=C\C/C=C\C/C=C\CCCCCCCCCCCCCCCCCCCCCCCCC(=O)OC(COC(=O)CCCCCCCCCCCCCCCCCC/C=C\C/C=C\C/C=C\CCCCCCC)COP(=O)(O)OCC[N+](C)(C)C. The minimum atomic E-state index is -4.40. The van der Waals surface area contributed by atoms with Crippen LogP contribution in [-0.4, -0.2) is 74.9 Å². The monoisotopic (exact) mass is 1310 g/mol. The van der Waals surface area contributed by atoms with Crippen molar-refractivity contribution in [3.8, 4) is 0 Å². The lowest BCUT2D eigenvalue weighted by Gasteiger charge is -2.24. The van der Waals surface area contributed by atoms with Crippen molar-refractivity contribution in [2.45, 2.75) is 392 Å². The lowest BCUT2D eigenvalue weighted by atomic mass is 10.0. The van der Waals surface area contributed by atoms with E-state index in [4.69, 9.17) is 18.5 Å². The van der Waals surface area contributed by atoms with Crippen LogP contribution in [0.15, 0.2) is 72.9 Å². The highest BCUT2D eigenvalue weighted by Gasteiger charge is 2.27. The maximum Gasteiger partial charge on any atom is 0.472 e. The molecular weight excluding hydrogens is 1160 g/mol. The van der Waals surface area contributed by atoms with Crippen LogP contribution < -0.4 is 0 Å². The molecule has 0 fully saturated rings. The van der Waals surface area contributed by atoms with Gasteiger partial charge in [0.2, 0.25) is 0 Å². The normalized spacial score (nSPS) is 13.4. The van der Waals surface area contributed by atoms with Gasteiger partial charge in [0.15, 0.2) is 6.10 Å². The minimum absolute atomic E-state index is 0.0325. The Morgan fingerprint density at radius 2 is 0.587 bits per heavy atom. The average molecular weight is 1310 g/mol. The van der Waals surface area contributed by atoms with E-state index < -0.39 is 26.5 Å². The molecule has 0 aromatic carbocycles. The predicted molar refractivity (Wildman–Crippen MR) is 399 cm³/mol. The molecule has 0 bridgehead atoms. The number of quaternary nitrogens is 1. The number of likely N-dealkylation sites (N-methyl/N-ethyl adjacent to an activating group) is 1. The second-order valence-electron chi connectivity index (χ2n) is 28.1. The Morgan fingerprint density at radius 1 is 0.337 bits per heavy atom. The zero-order valence-electron chi connectivity index (χ0n) is 61.5. The van der Waals surface area contributed by atoms with Crippen LogP contribution in [-0.2, 0) is 32.7 Å². The summed E-state index contributed by atoms with van der Waals surface area (Å²) in [5.74, 6) is -0.779. The summed E-state index contributed by atoms with van der Waals surface area (Å²) < 4.78 is 34.8. The van der Waals surface area contributed by atoms with Gasteiger partial charge in [-0.15, -0.1) is 0 Å². The Kier molecular flexibility index (Phi) is 70.7. The summed E-state index contributed by atoms with van der Waals surface area (Å²) in [5.41, 5.74) is 0. The van der Waals surface area contributed by atoms with Gasteiger partial charge < -0.3 is 18.9 Å². The van der Waals surface area contributed by atoms with Crippen molar-refractivity contribution in [2.75, 3.05) is 47.5 Å². The van der Waals surface area contributed by atoms with Crippen LogP contribution in [0.2, 0.25) is 0 Å². The quantitative estimate of drug-likeness (QED) is 0.0211. The summed E-state index contributed by atoms with van der Waals surface area (Å²) >= 11 is 0. The number of nitrogens with zero attached hydrogens (tertiary/aromatic N) is 1. The summed E-state index contributed by atoms with van der Waals surface area (Å²) in [7, 11) is 1.49. The average Bonchev–Trinajstić information content (AvgIpc) is 2.34. The maximum atomic E-state index is 12.9. The van der Waals surface area contributed by atoms with Gasteiger partial charge in [-0.3, -0.25) is 18.6 Å². The van der Waals surface area contributed by atoms with E-state index in [-0.39, 0.29) is 25.6 Å². The van der Waals surface area contributed by atoms with Crippen molar-refractivity contribution in [1.82, 2.24) is 0 Å². The number of phosphoric acid groups is 1. The van der Waals surface area contributed by atoms with Gasteiger partial charge in [0, 0.05) is 12.8 Å². The highest BCUT2D eigenvalue weighted by Crippen LogP contribution is 2.43. The first-order valence-corrected chi connectivity index (χ1v) is 41.2. The molecule has 1 N–H and O–H groups in total. The van der Waals surface area contributed by atoms with Gasteiger partial charge in [-0.1, -0.05) is 356 Å². The maximum absolute atomic E-state index is 12.9. The van der Waals surface area contributed by atoms with Gasteiger partial charge in [-0.25, -0.2) is 4.57 Å². The molecule has 0 aromatic heterocycles. The molecule has 92 heavy (non-hydrogen) atoms. The first-order chi connectivity index (χ1) is 45.0. The van der Waals surface area contributed by atoms with Gasteiger partial charge >= 0.3 is 19.8 Å². The number of phosphoric ester groups is 1. The van der Waals surface area contributed by atoms with E-state index in [1.54, 1.807) is 0 Å². The summed E-state index contributed by atoms with van der Waals surface area (Å²) in [4.78, 5) is 36.0. The predicted octanol–water partition coefficient (Wildman–Crippen LogP) is 26.3. The number of hydrogen-bond donors (Lipinski definition) is 1. The van der Waals surface area contributed by atoms with E-state index in [1.165, 1.54) is 295 Å². The standard InChI is InChI=1S/C82H152NO8P/c1-6-8-10-12-14-16-18-20-22-24-26-28-30-32-34-36-38-39-40-41-42-43-45-47-49-51-53-55-57-59-61-63-65-67-69-71-73-75-82(85)91-80(79-90-92(86,87)89-77-76-83(3,4)5)78-88-81(84)74-72-70-68-66-64-62-60-58-56-54-52-50-48-46-44-37-35-33-31-29-27-25-23-21-19-17-15-13-11-9-7-2/h18-21,24-27,30-33,80H,6-17,22-23,28-29,34-79H2,1-5H3/p+1/b20-18-,21-19-,26-24-,27-25-,32-30-,33-31-. The number of rotatable bonds is 74. The number of unbranched alkanes of at least 4 members (excludes halogenated alkanes) is 48. The Hall–Kier alpha value is -2.55. The van der Waals surface area contributed by atoms with Crippen molar-refractivity contribution in [2.24, 2.45) is 0 Å². The smallest absolute Gasteiger partial charge is 0.462 e. The molecule has 0 heterocycles. The van der Waals surface area contributed by atoms with Crippen LogP contribution in [0.5, 0.6) is 0 Å². The number of carbonyl (C=O) groups excluding carboxylic acids is 2. The Bertz CT molecular complexity index is 1780. The second-order valence-corrected chi connectivity index (χ2v) is 29.5. The van der Waals surface area contributed by atoms with E-state index in [0.29, 0.717) is 23.9 Å². The summed E-state index contributed by atoms with van der Waals surface area (Å²) in [5, 5.41) is 0. The first kappa shape index (κ1) is 89.5. The Balaban J connectivity index is 3.94. The van der Waals surface area contributed by atoms with Gasteiger partial charge in [-0.05, 0) is 89.9 Å². The molecule has 0 rings (SSSR count). The largest absolute Gasteiger partial charge is 0.472 e. The van der Waals surface area contributed by atoms with Crippen LogP contribution in [0.3, 0.4) is 0 Å². The fourth-order valence-corrected chi connectivity index (χ4v) is 12.4. The van der Waals surface area contributed by atoms with Crippen molar-refractivity contribution in [3.05, 3.63) is 72.9 Å². The van der Waals surface area contributed by atoms with E-state index in [9.17, 15) is 19.0 Å². The number of hydrogen-bond acceptors (Lipinski definition) is 7. The third-order valence-corrected chi connectivity index (χ3v) is 18.7. The molecule has 0 saturated carbocycles. The molecule has 0 radical (unpaired) electrons. The van der Waals surface area contributed by atoms with Crippen molar-refractivity contribution in [3.63, 3.8) is 0 Å². The van der Waals surface area contributed by atoms with Crippen molar-refractivity contribution < 1.29 is 42.1 Å². The lowest BCUT2D eigenvalue weighted by Crippen LogP contribution is -2.37. The molecule has 0 aliphatic rings. The molecule has 2 unspecified atom stereocenters. The van der Waals surface area contributed by atoms with Gasteiger partial charge in [0.05, 0.1) is 27.7 Å². The zero-order chi connectivity index (χ0) is 66.9. The lowest BCUT2D eigenvalue weighted by molar-refractivity contribution is -0.870. The highest BCUT2D eigenvalue weighted by atomic mass is 31.2. The second kappa shape index (κ2) is 72.7. The van der Waals surface area contributed by atoms with Crippen LogP contribution in [0.25, 0.3) is 0 Å². The van der Waals surface area contributed by atoms with Crippen LogP contribution in [0.1, 0.15) is 386 Å². The molecule has 2 atom stereocenters. The molecule has 9 nitrogen and oxygen atoms in total. The molecular formula is C82H153NO8P+. The highest BCUT2D eigenvalue weighted by molar-refractivity contribution is 7.47. The Morgan fingerprint density at radius 3 is 0.870 bits per heavy atom. The van der Waals surface area contributed by atoms with E-state index in [0.717, 1.165) is 57.8 Å². The molecule has 0 amide bonds. The third-order valence-electron chi connectivity index (χ3n) is 17.7. The van der Waals surface area contributed by atoms with E-state index in [2.05, 4.69) is 86.8 Å². The van der Waals surface area contributed by atoms with Gasteiger partial charge in [0.1, 0.15) is 19.8 Å². The molecule has 0 aliphatic heterocycles. The third kappa shape index (κ3) is 76.5. The fraction of sp³-hybridized carbons (Fsp3) is 0.829. The number of carbonyl (C=O) groups is 2. The zero-order valence-corrected chi connectivity index (χ0v) is 62.4.